The van der Waals surface area contributed by atoms with E-state index in [0.29, 0.717) is 35.1 Å². The van der Waals surface area contributed by atoms with E-state index in [1.807, 2.05) is 0 Å². The molecule has 0 saturated carbocycles. The Hall–Kier alpha value is -2.55. The van der Waals surface area contributed by atoms with Crippen molar-refractivity contribution in [1.29, 1.82) is 0 Å². The SMILES string of the molecule is CC(=O)c1ncc(C(=O)N2CCC(c3cc(=O)[nH]c(=O)[nH]3)C2)s1. The average molecular weight is 334 g/mol. The van der Waals surface area contributed by atoms with Gasteiger partial charge in [0.2, 0.25) is 0 Å². The van der Waals surface area contributed by atoms with Crippen molar-refractivity contribution in [2.45, 2.75) is 19.3 Å². The van der Waals surface area contributed by atoms with E-state index < -0.39 is 11.2 Å². The lowest BCUT2D eigenvalue weighted by atomic mass is 10.1. The number of hydrogen-bond donors (Lipinski definition) is 2. The predicted molar refractivity (Wildman–Crippen MR) is 83.1 cm³/mol. The van der Waals surface area contributed by atoms with Crippen molar-refractivity contribution >= 4 is 23.0 Å². The fourth-order valence-electron chi connectivity index (χ4n) is 2.60. The predicted octanol–water partition coefficient (Wildman–Crippen LogP) is 0.352. The maximum Gasteiger partial charge on any atom is 0.325 e. The molecule has 1 saturated heterocycles. The molecule has 0 bridgehead atoms. The summed E-state index contributed by atoms with van der Waals surface area (Å²) in [6.45, 7) is 2.33. The molecule has 2 aromatic heterocycles. The Kier molecular flexibility index (Phi) is 3.95. The number of carbonyl (C=O) groups is 2. The van der Waals surface area contributed by atoms with E-state index in [-0.39, 0.29) is 17.6 Å². The third-order valence-corrected chi connectivity index (χ3v) is 4.80. The molecule has 1 aliphatic rings. The van der Waals surface area contributed by atoms with Gasteiger partial charge in [-0.1, -0.05) is 0 Å². The minimum Gasteiger partial charge on any atom is -0.337 e. The fraction of sp³-hybridized carbons (Fsp3) is 0.357. The molecule has 0 radical (unpaired) electrons. The summed E-state index contributed by atoms with van der Waals surface area (Å²) >= 11 is 1.07. The van der Waals surface area contributed by atoms with Gasteiger partial charge in [-0.15, -0.1) is 11.3 Å². The average Bonchev–Trinajstić information content (AvgIpc) is 3.15. The van der Waals surface area contributed by atoms with Gasteiger partial charge in [-0.3, -0.25) is 19.4 Å². The highest BCUT2D eigenvalue weighted by Crippen LogP contribution is 2.27. The quantitative estimate of drug-likeness (QED) is 0.786. The molecular weight excluding hydrogens is 320 g/mol. The Bertz CT molecular complexity index is 853. The summed E-state index contributed by atoms with van der Waals surface area (Å²) in [5.74, 6) is -0.451. The standard InChI is InChI=1S/C14H14N4O4S/c1-7(19)12-15-5-10(23-12)13(21)18-3-2-8(6-18)9-4-11(20)17-14(22)16-9/h4-5,8H,2-3,6H2,1H3,(H2,16,17,20,22). The van der Waals surface area contributed by atoms with Crippen LogP contribution < -0.4 is 11.2 Å². The van der Waals surface area contributed by atoms with Crippen LogP contribution in [0.15, 0.2) is 21.9 Å². The van der Waals surface area contributed by atoms with Gasteiger partial charge in [-0.25, -0.2) is 9.78 Å². The van der Waals surface area contributed by atoms with Gasteiger partial charge >= 0.3 is 5.69 Å². The normalized spacial score (nSPS) is 17.4. The van der Waals surface area contributed by atoms with Gasteiger partial charge in [0.25, 0.3) is 11.5 Å². The Morgan fingerprint density at radius 3 is 2.78 bits per heavy atom. The summed E-state index contributed by atoms with van der Waals surface area (Å²) in [5.41, 5.74) is -0.476. The van der Waals surface area contributed by atoms with Crippen LogP contribution in [0.1, 0.15) is 44.4 Å². The zero-order chi connectivity index (χ0) is 16.6. The van der Waals surface area contributed by atoms with Gasteiger partial charge in [0.05, 0.1) is 6.20 Å². The zero-order valence-corrected chi connectivity index (χ0v) is 13.1. The molecule has 1 atom stereocenters. The number of ketones is 1. The molecule has 120 valence electrons. The largest absolute Gasteiger partial charge is 0.337 e. The number of Topliss-reactive ketones (excluding diaryl/α,β-unsaturated/α-hetero) is 1. The molecule has 3 heterocycles. The summed E-state index contributed by atoms with van der Waals surface area (Å²) in [6.07, 6.45) is 2.07. The number of likely N-dealkylation sites (tertiary alicyclic amines) is 1. The van der Waals surface area contributed by atoms with Crippen molar-refractivity contribution in [3.8, 4) is 0 Å². The van der Waals surface area contributed by atoms with Crippen molar-refractivity contribution in [2.75, 3.05) is 13.1 Å². The maximum atomic E-state index is 12.4. The molecule has 0 aliphatic carbocycles. The number of aromatic nitrogens is 3. The van der Waals surface area contributed by atoms with E-state index >= 15 is 0 Å². The van der Waals surface area contributed by atoms with Crippen LogP contribution in [0, 0.1) is 0 Å². The second-order valence-corrected chi connectivity index (χ2v) is 6.40. The Balaban J connectivity index is 1.76. The molecule has 1 fully saturated rings. The molecule has 1 aliphatic heterocycles. The number of thiazole rings is 1. The first-order valence-corrected chi connectivity index (χ1v) is 7.85. The number of hydrogen-bond acceptors (Lipinski definition) is 6. The van der Waals surface area contributed by atoms with Gasteiger partial charge < -0.3 is 9.88 Å². The minimum atomic E-state index is -0.550. The second kappa shape index (κ2) is 5.92. The lowest BCUT2D eigenvalue weighted by Gasteiger charge is -2.15. The van der Waals surface area contributed by atoms with Crippen molar-refractivity contribution < 1.29 is 9.59 Å². The molecule has 23 heavy (non-hydrogen) atoms. The van der Waals surface area contributed by atoms with Crippen molar-refractivity contribution in [3.05, 3.63) is 48.7 Å². The summed E-state index contributed by atoms with van der Waals surface area (Å²) < 4.78 is 0. The van der Waals surface area contributed by atoms with E-state index in [1.165, 1.54) is 19.2 Å². The van der Waals surface area contributed by atoms with Gasteiger partial charge in [0.1, 0.15) is 4.88 Å². The van der Waals surface area contributed by atoms with Crippen molar-refractivity contribution in [2.24, 2.45) is 0 Å². The van der Waals surface area contributed by atoms with Gasteiger partial charge in [-0.05, 0) is 6.42 Å². The maximum absolute atomic E-state index is 12.4. The highest BCUT2D eigenvalue weighted by atomic mass is 32.1. The highest BCUT2D eigenvalue weighted by Gasteiger charge is 2.30. The molecule has 0 aromatic carbocycles. The number of amides is 1. The Morgan fingerprint density at radius 2 is 2.13 bits per heavy atom. The van der Waals surface area contributed by atoms with Crippen LogP contribution in [0.2, 0.25) is 0 Å². The van der Waals surface area contributed by atoms with Crippen LogP contribution in [0.3, 0.4) is 0 Å². The van der Waals surface area contributed by atoms with Crippen LogP contribution in [-0.4, -0.2) is 44.6 Å². The van der Waals surface area contributed by atoms with Crippen molar-refractivity contribution in [3.63, 3.8) is 0 Å². The lowest BCUT2D eigenvalue weighted by molar-refractivity contribution is 0.0795. The topological polar surface area (TPSA) is 116 Å². The van der Waals surface area contributed by atoms with Crippen LogP contribution in [0.25, 0.3) is 0 Å². The van der Waals surface area contributed by atoms with Gasteiger partial charge in [0, 0.05) is 37.7 Å². The molecular formula is C14H14N4O4S. The summed E-state index contributed by atoms with van der Waals surface area (Å²) in [5, 5.41) is 0.308. The number of nitrogens with zero attached hydrogens (tertiary/aromatic N) is 2. The molecule has 3 rings (SSSR count). The van der Waals surface area contributed by atoms with Crippen LogP contribution >= 0.6 is 11.3 Å². The van der Waals surface area contributed by atoms with E-state index in [4.69, 9.17) is 0 Å². The number of nitrogens with one attached hydrogen (secondary N) is 2. The number of rotatable bonds is 3. The van der Waals surface area contributed by atoms with E-state index in [0.717, 1.165) is 11.3 Å². The third-order valence-electron chi connectivity index (χ3n) is 3.71. The summed E-state index contributed by atoms with van der Waals surface area (Å²) in [6, 6.07) is 1.35. The van der Waals surface area contributed by atoms with Gasteiger partial charge in [0.15, 0.2) is 10.8 Å². The molecule has 1 amide bonds. The highest BCUT2D eigenvalue weighted by molar-refractivity contribution is 7.15. The number of aromatic amines is 2. The van der Waals surface area contributed by atoms with Crippen LogP contribution in [0.4, 0.5) is 0 Å². The molecule has 9 heteroatoms. The zero-order valence-electron chi connectivity index (χ0n) is 12.3. The lowest BCUT2D eigenvalue weighted by Crippen LogP contribution is -2.29. The first-order valence-electron chi connectivity index (χ1n) is 7.03. The minimum absolute atomic E-state index is 0.0888. The van der Waals surface area contributed by atoms with Crippen molar-refractivity contribution in [1.82, 2.24) is 19.9 Å². The molecule has 8 nitrogen and oxygen atoms in total. The van der Waals surface area contributed by atoms with Crippen LogP contribution in [0.5, 0.6) is 0 Å². The first kappa shape index (κ1) is 15.3. The molecule has 0 spiro atoms. The molecule has 2 aromatic rings. The van der Waals surface area contributed by atoms with E-state index in [9.17, 15) is 19.2 Å². The second-order valence-electron chi connectivity index (χ2n) is 5.37. The first-order chi connectivity index (χ1) is 10.9. The number of H-pyrrole nitrogens is 2. The van der Waals surface area contributed by atoms with E-state index in [1.54, 1.807) is 4.90 Å². The van der Waals surface area contributed by atoms with Crippen LogP contribution in [-0.2, 0) is 0 Å². The Labute approximate surface area is 134 Å². The smallest absolute Gasteiger partial charge is 0.325 e. The monoisotopic (exact) mass is 334 g/mol. The molecule has 1 unspecified atom stereocenters. The summed E-state index contributed by atoms with van der Waals surface area (Å²) in [7, 11) is 0. The fourth-order valence-corrected chi connectivity index (χ4v) is 3.38. The third kappa shape index (κ3) is 3.14. The van der Waals surface area contributed by atoms with Gasteiger partial charge in [-0.2, -0.15) is 0 Å². The molecule has 2 N–H and O–H groups in total. The number of carbonyl (C=O) groups excluding carboxylic acids is 2. The summed E-state index contributed by atoms with van der Waals surface area (Å²) in [4.78, 5) is 57.1. The Morgan fingerprint density at radius 1 is 1.35 bits per heavy atom. The van der Waals surface area contributed by atoms with E-state index in [2.05, 4.69) is 15.0 Å².